The van der Waals surface area contributed by atoms with Crippen LogP contribution in [0.4, 0.5) is 5.13 Å². The Balaban J connectivity index is 1.61. The number of ketones is 1. The minimum Gasteiger partial charge on any atom is -0.301 e. The second-order valence-electron chi connectivity index (χ2n) is 6.05. The number of benzene rings is 1. The highest BCUT2D eigenvalue weighted by Gasteiger charge is 2.24. The number of carbonyl (C=O) groups excluding carboxylic acids is 2. The van der Waals surface area contributed by atoms with Gasteiger partial charge in [0.2, 0.25) is 5.91 Å². The van der Waals surface area contributed by atoms with Crippen LogP contribution in [0, 0.1) is 5.92 Å². The van der Waals surface area contributed by atoms with E-state index in [1.807, 2.05) is 36.6 Å². The average Bonchev–Trinajstić information content (AvgIpc) is 3.20. The lowest BCUT2D eigenvalue weighted by molar-refractivity contribution is -0.120. The predicted octanol–water partition coefficient (Wildman–Crippen LogP) is 3.80. The molecule has 1 N–H and O–H groups in total. The second kappa shape index (κ2) is 7.04. The molecular formula is C18H20N2O2S. The highest BCUT2D eigenvalue weighted by Crippen LogP contribution is 2.26. The minimum atomic E-state index is -0.235. The van der Waals surface area contributed by atoms with Crippen LogP contribution in [0.25, 0.3) is 0 Å². The molecule has 1 aliphatic carbocycles. The highest BCUT2D eigenvalue weighted by atomic mass is 32.1. The Labute approximate surface area is 140 Å². The van der Waals surface area contributed by atoms with E-state index in [2.05, 4.69) is 10.3 Å². The van der Waals surface area contributed by atoms with Crippen LogP contribution < -0.4 is 5.32 Å². The van der Waals surface area contributed by atoms with Crippen LogP contribution in [0.1, 0.15) is 43.2 Å². The summed E-state index contributed by atoms with van der Waals surface area (Å²) in [5, 5.41) is 5.28. The van der Waals surface area contributed by atoms with E-state index >= 15 is 0 Å². The standard InChI is InChI=1S/C18H20N2O2S/c1-12(17(22)20-18-19-9-10-23-18)14-7-5-13(6-8-14)11-15-3-2-4-16(15)21/h5-10,12,15H,2-4,11H2,1H3,(H,19,20,22). The summed E-state index contributed by atoms with van der Waals surface area (Å²) in [5.41, 5.74) is 2.14. The van der Waals surface area contributed by atoms with Gasteiger partial charge >= 0.3 is 0 Å². The number of thiazole rings is 1. The molecule has 1 amide bonds. The lowest BCUT2D eigenvalue weighted by Crippen LogP contribution is -2.18. The van der Waals surface area contributed by atoms with Crippen molar-refractivity contribution in [1.29, 1.82) is 0 Å². The molecule has 4 nitrogen and oxygen atoms in total. The second-order valence-corrected chi connectivity index (χ2v) is 6.94. The Hall–Kier alpha value is -2.01. The van der Waals surface area contributed by atoms with Gasteiger partial charge in [0.25, 0.3) is 0 Å². The van der Waals surface area contributed by atoms with Crippen molar-refractivity contribution in [2.75, 3.05) is 5.32 Å². The predicted molar refractivity (Wildman–Crippen MR) is 91.7 cm³/mol. The number of anilines is 1. The van der Waals surface area contributed by atoms with Crippen LogP contribution in [0.2, 0.25) is 0 Å². The first-order valence-electron chi connectivity index (χ1n) is 7.95. The Morgan fingerprint density at radius 1 is 1.39 bits per heavy atom. The fourth-order valence-electron chi connectivity index (χ4n) is 2.98. The van der Waals surface area contributed by atoms with Crippen molar-refractivity contribution in [2.45, 2.75) is 38.5 Å². The largest absolute Gasteiger partial charge is 0.301 e. The van der Waals surface area contributed by atoms with Gasteiger partial charge in [0, 0.05) is 23.9 Å². The van der Waals surface area contributed by atoms with Crippen molar-refractivity contribution in [2.24, 2.45) is 5.92 Å². The number of nitrogens with one attached hydrogen (secondary N) is 1. The van der Waals surface area contributed by atoms with Crippen LogP contribution in [0.3, 0.4) is 0 Å². The van der Waals surface area contributed by atoms with Crippen molar-refractivity contribution in [1.82, 2.24) is 4.98 Å². The molecule has 0 saturated heterocycles. The van der Waals surface area contributed by atoms with Crippen molar-refractivity contribution in [3.05, 3.63) is 47.0 Å². The van der Waals surface area contributed by atoms with Crippen molar-refractivity contribution < 1.29 is 9.59 Å². The van der Waals surface area contributed by atoms with Gasteiger partial charge in [-0.25, -0.2) is 4.98 Å². The zero-order chi connectivity index (χ0) is 16.2. The fourth-order valence-corrected chi connectivity index (χ4v) is 3.51. The van der Waals surface area contributed by atoms with Gasteiger partial charge in [-0.2, -0.15) is 0 Å². The summed E-state index contributed by atoms with van der Waals surface area (Å²) in [5.74, 6) is 0.288. The normalized spacial score (nSPS) is 18.8. The summed E-state index contributed by atoms with van der Waals surface area (Å²) in [7, 11) is 0. The van der Waals surface area contributed by atoms with E-state index in [0.717, 1.165) is 31.2 Å². The van der Waals surface area contributed by atoms with Gasteiger partial charge in [0.1, 0.15) is 5.78 Å². The fraction of sp³-hybridized carbons (Fsp3) is 0.389. The van der Waals surface area contributed by atoms with E-state index in [1.54, 1.807) is 6.20 Å². The molecule has 5 heteroatoms. The van der Waals surface area contributed by atoms with Crippen LogP contribution in [0.15, 0.2) is 35.8 Å². The maximum atomic E-state index is 12.2. The molecule has 23 heavy (non-hydrogen) atoms. The monoisotopic (exact) mass is 328 g/mol. The van der Waals surface area contributed by atoms with Crippen LogP contribution in [-0.2, 0) is 16.0 Å². The average molecular weight is 328 g/mol. The van der Waals surface area contributed by atoms with E-state index in [0.29, 0.717) is 10.9 Å². The molecular weight excluding hydrogens is 308 g/mol. The zero-order valence-electron chi connectivity index (χ0n) is 13.1. The molecule has 1 aromatic heterocycles. The first kappa shape index (κ1) is 15.9. The Bertz CT molecular complexity index is 680. The summed E-state index contributed by atoms with van der Waals surface area (Å²) in [6, 6.07) is 8.05. The van der Waals surface area contributed by atoms with Crippen LogP contribution in [-0.4, -0.2) is 16.7 Å². The van der Waals surface area contributed by atoms with Gasteiger partial charge in [0.05, 0.1) is 5.92 Å². The van der Waals surface area contributed by atoms with Gasteiger partial charge in [-0.1, -0.05) is 24.3 Å². The molecule has 3 rings (SSSR count). The Morgan fingerprint density at radius 3 is 2.78 bits per heavy atom. The molecule has 1 saturated carbocycles. The zero-order valence-corrected chi connectivity index (χ0v) is 13.9. The van der Waals surface area contributed by atoms with Gasteiger partial charge in [-0.15, -0.1) is 11.3 Å². The number of hydrogen-bond donors (Lipinski definition) is 1. The molecule has 0 radical (unpaired) electrons. The first-order valence-corrected chi connectivity index (χ1v) is 8.83. The van der Waals surface area contributed by atoms with E-state index in [-0.39, 0.29) is 17.7 Å². The van der Waals surface area contributed by atoms with Gasteiger partial charge in [-0.3, -0.25) is 9.59 Å². The topological polar surface area (TPSA) is 59.1 Å². The van der Waals surface area contributed by atoms with Crippen molar-refractivity contribution in [3.8, 4) is 0 Å². The molecule has 0 bridgehead atoms. The summed E-state index contributed by atoms with van der Waals surface area (Å²) in [6.07, 6.45) is 5.25. The van der Waals surface area contributed by atoms with E-state index in [1.165, 1.54) is 16.9 Å². The Kier molecular flexibility index (Phi) is 4.86. The number of carbonyl (C=O) groups is 2. The summed E-state index contributed by atoms with van der Waals surface area (Å²) >= 11 is 1.41. The number of nitrogens with zero attached hydrogens (tertiary/aromatic N) is 1. The van der Waals surface area contributed by atoms with Gasteiger partial charge in [0.15, 0.2) is 5.13 Å². The van der Waals surface area contributed by atoms with Gasteiger partial charge in [-0.05, 0) is 37.3 Å². The lowest BCUT2D eigenvalue weighted by Gasteiger charge is -2.13. The quantitative estimate of drug-likeness (QED) is 0.908. The third-order valence-corrected chi connectivity index (χ3v) is 5.14. The van der Waals surface area contributed by atoms with E-state index in [4.69, 9.17) is 0 Å². The molecule has 2 unspecified atom stereocenters. The Morgan fingerprint density at radius 2 is 2.17 bits per heavy atom. The minimum absolute atomic E-state index is 0.0568. The smallest absolute Gasteiger partial charge is 0.233 e. The number of hydrogen-bond acceptors (Lipinski definition) is 4. The lowest BCUT2D eigenvalue weighted by atomic mass is 9.94. The van der Waals surface area contributed by atoms with Crippen molar-refractivity contribution >= 4 is 28.2 Å². The maximum Gasteiger partial charge on any atom is 0.233 e. The maximum absolute atomic E-state index is 12.2. The third kappa shape index (κ3) is 3.85. The molecule has 1 aromatic carbocycles. The van der Waals surface area contributed by atoms with E-state index < -0.39 is 0 Å². The summed E-state index contributed by atoms with van der Waals surface area (Å²) in [4.78, 5) is 28.0. The third-order valence-electron chi connectivity index (χ3n) is 4.45. The van der Waals surface area contributed by atoms with E-state index in [9.17, 15) is 9.59 Å². The molecule has 2 atom stereocenters. The molecule has 1 fully saturated rings. The molecule has 1 aliphatic rings. The van der Waals surface area contributed by atoms with Crippen molar-refractivity contribution in [3.63, 3.8) is 0 Å². The molecule has 0 aliphatic heterocycles. The molecule has 120 valence electrons. The highest BCUT2D eigenvalue weighted by molar-refractivity contribution is 7.13. The number of Topliss-reactive ketones (excluding diaryl/α,β-unsaturated/α-hetero) is 1. The van der Waals surface area contributed by atoms with Gasteiger partial charge < -0.3 is 5.32 Å². The summed E-state index contributed by atoms with van der Waals surface area (Å²) in [6.45, 7) is 1.89. The molecule has 1 heterocycles. The SMILES string of the molecule is CC(C(=O)Nc1nccs1)c1ccc(CC2CCCC2=O)cc1. The number of aromatic nitrogens is 1. The summed E-state index contributed by atoms with van der Waals surface area (Å²) < 4.78 is 0. The first-order chi connectivity index (χ1) is 11.1. The number of amides is 1. The van der Waals surface area contributed by atoms with Crippen LogP contribution >= 0.6 is 11.3 Å². The number of rotatable bonds is 5. The molecule has 2 aromatic rings. The molecule has 0 spiro atoms. The van der Waals surface area contributed by atoms with Crippen LogP contribution in [0.5, 0.6) is 0 Å².